The number of carbonyl (C=O) groups excluding carboxylic acids is 1. The zero-order valence-corrected chi connectivity index (χ0v) is 11.2. The predicted octanol–water partition coefficient (Wildman–Crippen LogP) is 2.16. The van der Waals surface area contributed by atoms with E-state index < -0.39 is 0 Å². The Bertz CT molecular complexity index is 404. The van der Waals surface area contributed by atoms with Crippen LogP contribution in [0.2, 0.25) is 0 Å². The Labute approximate surface area is 110 Å². The smallest absolute Gasteiger partial charge is 0.220 e. The van der Waals surface area contributed by atoms with Gasteiger partial charge in [-0.1, -0.05) is 34.1 Å². The predicted molar refractivity (Wildman–Crippen MR) is 71.7 cm³/mol. The number of halogens is 1. The van der Waals surface area contributed by atoms with Gasteiger partial charge in [0.05, 0.1) is 0 Å². The van der Waals surface area contributed by atoms with Crippen LogP contribution in [0.4, 0.5) is 0 Å². The molecule has 4 heteroatoms. The number of rotatable bonds is 5. The molecule has 1 amide bonds. The summed E-state index contributed by atoms with van der Waals surface area (Å²) in [5.74, 6) is 0.197. The molecule has 0 saturated heterocycles. The summed E-state index contributed by atoms with van der Waals surface area (Å²) in [6.07, 6.45) is 2.71. The molecule has 0 spiro atoms. The van der Waals surface area contributed by atoms with Crippen LogP contribution in [0.25, 0.3) is 0 Å². The maximum Gasteiger partial charge on any atom is 0.220 e. The first kappa shape index (κ1) is 12.6. The molecule has 0 radical (unpaired) electrons. The van der Waals surface area contributed by atoms with Crippen molar-refractivity contribution in [3.63, 3.8) is 0 Å². The minimum absolute atomic E-state index is 0.0873. The van der Waals surface area contributed by atoms with E-state index in [2.05, 4.69) is 21.2 Å². The molecule has 1 atom stereocenters. The molecule has 1 unspecified atom stereocenters. The average molecular weight is 297 g/mol. The van der Waals surface area contributed by atoms with Crippen molar-refractivity contribution >= 4 is 21.8 Å². The van der Waals surface area contributed by atoms with Crippen LogP contribution < -0.4 is 11.1 Å². The highest BCUT2D eigenvalue weighted by atomic mass is 79.9. The van der Waals surface area contributed by atoms with Crippen molar-refractivity contribution in [3.8, 4) is 0 Å². The molecule has 2 rings (SSSR count). The van der Waals surface area contributed by atoms with Crippen LogP contribution in [0, 0.1) is 0 Å². The van der Waals surface area contributed by atoms with Gasteiger partial charge in [0.25, 0.3) is 0 Å². The molecule has 1 fully saturated rings. The summed E-state index contributed by atoms with van der Waals surface area (Å²) in [5, 5.41) is 3.00. The van der Waals surface area contributed by atoms with Crippen molar-refractivity contribution in [1.29, 1.82) is 0 Å². The van der Waals surface area contributed by atoms with Gasteiger partial charge in [-0.3, -0.25) is 4.79 Å². The van der Waals surface area contributed by atoms with E-state index in [9.17, 15) is 4.79 Å². The fraction of sp³-hybridized carbons (Fsp3) is 0.462. The molecule has 0 aromatic heterocycles. The zero-order valence-electron chi connectivity index (χ0n) is 9.66. The summed E-state index contributed by atoms with van der Waals surface area (Å²) in [7, 11) is 0. The number of carbonyl (C=O) groups is 1. The summed E-state index contributed by atoms with van der Waals surface area (Å²) in [6, 6.07) is 8.36. The summed E-state index contributed by atoms with van der Waals surface area (Å²) < 4.78 is 1.02. The summed E-state index contributed by atoms with van der Waals surface area (Å²) in [6.45, 7) is 0.487. The molecule has 1 saturated carbocycles. The molecule has 0 bridgehead atoms. The van der Waals surface area contributed by atoms with E-state index in [0.29, 0.717) is 19.0 Å². The monoisotopic (exact) mass is 296 g/mol. The van der Waals surface area contributed by atoms with E-state index in [0.717, 1.165) is 22.9 Å². The number of nitrogens with two attached hydrogens (primary N) is 1. The van der Waals surface area contributed by atoms with Crippen LogP contribution >= 0.6 is 15.9 Å². The second-order valence-corrected chi connectivity index (χ2v) is 5.35. The first-order chi connectivity index (χ1) is 8.20. The van der Waals surface area contributed by atoms with E-state index in [1.807, 2.05) is 24.3 Å². The Morgan fingerprint density at radius 2 is 2.18 bits per heavy atom. The molecule has 3 nitrogen and oxygen atoms in total. The molecule has 1 aliphatic carbocycles. The number of benzene rings is 1. The fourth-order valence-electron chi connectivity index (χ4n) is 1.86. The second kappa shape index (κ2) is 5.65. The van der Waals surface area contributed by atoms with Gasteiger partial charge in [-0.2, -0.15) is 0 Å². The summed E-state index contributed by atoms with van der Waals surface area (Å²) in [5.41, 5.74) is 6.88. The largest absolute Gasteiger partial charge is 0.353 e. The van der Waals surface area contributed by atoms with Crippen molar-refractivity contribution in [2.75, 3.05) is 6.54 Å². The molecule has 0 heterocycles. The standard InChI is InChI=1S/C13H17BrN2O/c14-12-4-2-1-3-11(12)9(8-15)7-13(17)16-10-5-6-10/h1-4,9-10H,5-8,15H2,(H,16,17). The quantitative estimate of drug-likeness (QED) is 0.875. The van der Waals surface area contributed by atoms with Gasteiger partial charge in [0, 0.05) is 22.9 Å². The van der Waals surface area contributed by atoms with Gasteiger partial charge in [-0.05, 0) is 31.0 Å². The fourth-order valence-corrected chi connectivity index (χ4v) is 2.47. The molecule has 92 valence electrons. The average Bonchev–Trinajstić information content (AvgIpc) is 3.11. The SMILES string of the molecule is NCC(CC(=O)NC1CC1)c1ccccc1Br. The van der Waals surface area contributed by atoms with Crippen molar-refractivity contribution in [2.24, 2.45) is 5.73 Å². The van der Waals surface area contributed by atoms with Gasteiger partial charge < -0.3 is 11.1 Å². The third-order valence-corrected chi connectivity index (χ3v) is 3.73. The maximum absolute atomic E-state index is 11.8. The zero-order chi connectivity index (χ0) is 12.3. The Kier molecular flexibility index (Phi) is 4.18. The Hall–Kier alpha value is -0.870. The highest BCUT2D eigenvalue weighted by molar-refractivity contribution is 9.10. The van der Waals surface area contributed by atoms with Crippen LogP contribution in [-0.2, 0) is 4.79 Å². The van der Waals surface area contributed by atoms with Crippen LogP contribution in [-0.4, -0.2) is 18.5 Å². The van der Waals surface area contributed by atoms with Crippen LogP contribution in [0.3, 0.4) is 0 Å². The highest BCUT2D eigenvalue weighted by Crippen LogP contribution is 2.27. The van der Waals surface area contributed by atoms with E-state index >= 15 is 0 Å². The van der Waals surface area contributed by atoms with Crippen LogP contribution in [0.1, 0.15) is 30.7 Å². The molecule has 1 aliphatic rings. The van der Waals surface area contributed by atoms with Crippen molar-refractivity contribution in [1.82, 2.24) is 5.32 Å². The van der Waals surface area contributed by atoms with Crippen LogP contribution in [0.15, 0.2) is 28.7 Å². The lowest BCUT2D eigenvalue weighted by molar-refractivity contribution is -0.121. The molecule has 0 aliphatic heterocycles. The van der Waals surface area contributed by atoms with Crippen molar-refractivity contribution < 1.29 is 4.79 Å². The molecule has 17 heavy (non-hydrogen) atoms. The maximum atomic E-state index is 11.8. The Morgan fingerprint density at radius 3 is 2.76 bits per heavy atom. The van der Waals surface area contributed by atoms with E-state index in [1.165, 1.54) is 0 Å². The lowest BCUT2D eigenvalue weighted by Crippen LogP contribution is -2.29. The second-order valence-electron chi connectivity index (χ2n) is 4.50. The third-order valence-electron chi connectivity index (χ3n) is 3.00. The first-order valence-electron chi connectivity index (χ1n) is 5.94. The number of hydrogen-bond donors (Lipinski definition) is 2. The lowest BCUT2D eigenvalue weighted by Gasteiger charge is -2.16. The summed E-state index contributed by atoms with van der Waals surface area (Å²) in [4.78, 5) is 11.8. The lowest BCUT2D eigenvalue weighted by atomic mass is 9.95. The number of nitrogens with one attached hydrogen (secondary N) is 1. The van der Waals surface area contributed by atoms with Gasteiger partial charge in [-0.15, -0.1) is 0 Å². The minimum Gasteiger partial charge on any atom is -0.353 e. The molecule has 1 aromatic rings. The Balaban J connectivity index is 2.00. The molecule has 1 aromatic carbocycles. The van der Waals surface area contributed by atoms with Gasteiger partial charge in [0.2, 0.25) is 5.91 Å². The number of hydrogen-bond acceptors (Lipinski definition) is 2. The van der Waals surface area contributed by atoms with Gasteiger partial charge in [0.1, 0.15) is 0 Å². The third kappa shape index (κ3) is 3.54. The van der Waals surface area contributed by atoms with E-state index in [4.69, 9.17) is 5.73 Å². The van der Waals surface area contributed by atoms with Crippen LogP contribution in [0.5, 0.6) is 0 Å². The van der Waals surface area contributed by atoms with Crippen molar-refractivity contribution in [3.05, 3.63) is 34.3 Å². The van der Waals surface area contributed by atoms with Gasteiger partial charge in [-0.25, -0.2) is 0 Å². The number of amides is 1. The first-order valence-corrected chi connectivity index (χ1v) is 6.74. The normalized spacial score (nSPS) is 16.6. The summed E-state index contributed by atoms with van der Waals surface area (Å²) >= 11 is 3.50. The highest BCUT2D eigenvalue weighted by Gasteiger charge is 2.25. The van der Waals surface area contributed by atoms with Gasteiger partial charge in [0.15, 0.2) is 0 Å². The molecule has 3 N–H and O–H groups in total. The topological polar surface area (TPSA) is 55.1 Å². The molecular weight excluding hydrogens is 280 g/mol. The van der Waals surface area contributed by atoms with Crippen molar-refractivity contribution in [2.45, 2.75) is 31.2 Å². The molecular formula is C13H17BrN2O. The minimum atomic E-state index is 0.0873. The van der Waals surface area contributed by atoms with E-state index in [1.54, 1.807) is 0 Å². The van der Waals surface area contributed by atoms with Gasteiger partial charge >= 0.3 is 0 Å². The Morgan fingerprint density at radius 1 is 1.47 bits per heavy atom. The van der Waals surface area contributed by atoms with E-state index in [-0.39, 0.29) is 11.8 Å².